The molecule has 0 unspecified atom stereocenters. The second kappa shape index (κ2) is 9.42. The predicted molar refractivity (Wildman–Crippen MR) is 124 cm³/mol. The van der Waals surface area contributed by atoms with Crippen molar-refractivity contribution >= 4 is 38.6 Å². The average molecular weight is 440 g/mol. The van der Waals surface area contributed by atoms with E-state index in [-0.39, 0.29) is 6.10 Å². The van der Waals surface area contributed by atoms with Crippen LogP contribution in [0, 0.1) is 0 Å². The summed E-state index contributed by atoms with van der Waals surface area (Å²) in [4.78, 5) is 22.0. The van der Waals surface area contributed by atoms with Gasteiger partial charge in [-0.15, -0.1) is 0 Å². The second-order valence-corrected chi connectivity index (χ2v) is 9.50. The number of hydrogen-bond acceptors (Lipinski definition) is 9. The van der Waals surface area contributed by atoms with Crippen molar-refractivity contribution in [1.29, 1.82) is 0 Å². The summed E-state index contributed by atoms with van der Waals surface area (Å²) in [5.74, 6) is 1.40. The van der Waals surface area contributed by atoms with E-state index in [0.717, 1.165) is 72.3 Å². The van der Waals surface area contributed by atoms with Crippen molar-refractivity contribution in [3.63, 3.8) is 0 Å². The van der Waals surface area contributed by atoms with Crippen LogP contribution in [0.25, 0.3) is 10.3 Å². The molecule has 9 heteroatoms. The number of rotatable bonds is 6. The van der Waals surface area contributed by atoms with Crippen molar-refractivity contribution in [2.45, 2.75) is 63.6 Å². The van der Waals surface area contributed by atoms with E-state index in [1.807, 2.05) is 18.2 Å². The molecule has 0 amide bonds. The number of aliphatic hydroxyl groups is 1. The zero-order valence-corrected chi connectivity index (χ0v) is 18.4. The highest BCUT2D eigenvalue weighted by Gasteiger charge is 2.21. The van der Waals surface area contributed by atoms with Crippen LogP contribution >= 0.6 is 11.3 Å². The largest absolute Gasteiger partial charge is 0.393 e. The molecule has 1 saturated heterocycles. The maximum absolute atomic E-state index is 9.80. The number of piperidine rings is 1. The lowest BCUT2D eigenvalue weighted by Crippen LogP contribution is -2.30. The molecule has 164 valence electrons. The van der Waals surface area contributed by atoms with Crippen molar-refractivity contribution in [3.05, 3.63) is 30.1 Å². The minimum absolute atomic E-state index is 0.172. The van der Waals surface area contributed by atoms with Crippen LogP contribution in [0.3, 0.4) is 0 Å². The van der Waals surface area contributed by atoms with Gasteiger partial charge in [-0.25, -0.2) is 15.0 Å². The van der Waals surface area contributed by atoms with E-state index in [1.165, 1.54) is 30.6 Å². The van der Waals surface area contributed by atoms with E-state index in [4.69, 9.17) is 9.97 Å². The van der Waals surface area contributed by atoms with Gasteiger partial charge in [0.15, 0.2) is 5.13 Å². The smallest absolute Gasteiger partial charge is 0.225 e. The highest BCUT2D eigenvalue weighted by atomic mass is 32.1. The van der Waals surface area contributed by atoms with Crippen LogP contribution in [-0.4, -0.2) is 55.2 Å². The molecular formula is C22H29N7OS. The van der Waals surface area contributed by atoms with Crippen LogP contribution in [0.1, 0.15) is 50.6 Å². The topological polar surface area (TPSA) is 99.1 Å². The maximum atomic E-state index is 9.80. The van der Waals surface area contributed by atoms with Gasteiger partial charge in [-0.05, 0) is 63.7 Å². The van der Waals surface area contributed by atoms with Crippen molar-refractivity contribution in [2.75, 3.05) is 23.7 Å². The van der Waals surface area contributed by atoms with Gasteiger partial charge in [0.2, 0.25) is 5.95 Å². The van der Waals surface area contributed by atoms with Crippen molar-refractivity contribution in [2.24, 2.45) is 0 Å². The van der Waals surface area contributed by atoms with Gasteiger partial charge in [0, 0.05) is 24.8 Å². The SMILES string of the molecule is OC1CCC(Nc2nc(CN3CCCCC3)cc(Nc3nc4cccnc4s3)n2)CC1. The average Bonchev–Trinajstić information content (AvgIpc) is 3.18. The van der Waals surface area contributed by atoms with Crippen LogP contribution in [0.5, 0.6) is 0 Å². The summed E-state index contributed by atoms with van der Waals surface area (Å²) in [6.07, 6.45) is 8.97. The van der Waals surface area contributed by atoms with E-state index in [9.17, 15) is 5.11 Å². The molecule has 0 aromatic carbocycles. The zero-order valence-electron chi connectivity index (χ0n) is 17.6. The first kappa shape index (κ1) is 20.5. The number of aromatic nitrogens is 4. The molecule has 0 radical (unpaired) electrons. The molecule has 8 nitrogen and oxygen atoms in total. The van der Waals surface area contributed by atoms with Crippen LogP contribution in [0.2, 0.25) is 0 Å². The van der Waals surface area contributed by atoms with E-state index < -0.39 is 0 Å². The van der Waals surface area contributed by atoms with Gasteiger partial charge in [0.25, 0.3) is 0 Å². The Labute approximate surface area is 186 Å². The lowest BCUT2D eigenvalue weighted by molar-refractivity contribution is 0.126. The molecule has 31 heavy (non-hydrogen) atoms. The lowest BCUT2D eigenvalue weighted by atomic mass is 9.93. The van der Waals surface area contributed by atoms with E-state index >= 15 is 0 Å². The van der Waals surface area contributed by atoms with Crippen LogP contribution < -0.4 is 10.6 Å². The molecule has 1 aliphatic heterocycles. The minimum Gasteiger partial charge on any atom is -0.393 e. The van der Waals surface area contributed by atoms with Gasteiger partial charge < -0.3 is 15.7 Å². The molecule has 5 rings (SSSR count). The molecule has 3 aromatic rings. The third-order valence-corrected chi connectivity index (χ3v) is 6.94. The standard InChI is InChI=1S/C22H29N7OS/c30-17-8-6-15(7-9-17)24-21-25-16(14-29-11-2-1-3-12-29)13-19(27-21)28-22-26-18-5-4-10-23-20(18)31-22/h4-5,10,13,15,17,30H,1-3,6-9,11-12,14H2,(H2,24,25,26,27,28). The quantitative estimate of drug-likeness (QED) is 0.531. The van der Waals surface area contributed by atoms with Gasteiger partial charge in [0.1, 0.15) is 16.2 Å². The van der Waals surface area contributed by atoms with Gasteiger partial charge >= 0.3 is 0 Å². The van der Waals surface area contributed by atoms with Gasteiger partial charge in [-0.1, -0.05) is 17.8 Å². The third-order valence-electron chi connectivity index (χ3n) is 6.04. The Morgan fingerprint density at radius 1 is 1.06 bits per heavy atom. The number of aliphatic hydroxyl groups excluding tert-OH is 1. The van der Waals surface area contributed by atoms with Gasteiger partial charge in [-0.3, -0.25) is 4.90 Å². The Kier molecular flexibility index (Phi) is 6.24. The Morgan fingerprint density at radius 2 is 1.90 bits per heavy atom. The fourth-order valence-corrected chi connectivity index (χ4v) is 5.20. The zero-order chi connectivity index (χ0) is 21.0. The number of likely N-dealkylation sites (tertiary alicyclic amines) is 1. The highest BCUT2D eigenvalue weighted by molar-refractivity contribution is 7.21. The Morgan fingerprint density at radius 3 is 2.71 bits per heavy atom. The molecule has 2 fully saturated rings. The fraction of sp³-hybridized carbons (Fsp3) is 0.545. The molecule has 3 aromatic heterocycles. The third kappa shape index (κ3) is 5.28. The first-order chi connectivity index (χ1) is 15.2. The molecule has 0 spiro atoms. The number of hydrogen-bond donors (Lipinski definition) is 3. The minimum atomic E-state index is -0.172. The highest BCUT2D eigenvalue weighted by Crippen LogP contribution is 2.27. The number of nitrogens with zero attached hydrogens (tertiary/aromatic N) is 5. The summed E-state index contributed by atoms with van der Waals surface area (Å²) in [7, 11) is 0. The molecule has 0 bridgehead atoms. The number of anilines is 3. The fourth-order valence-electron chi connectivity index (χ4n) is 4.39. The first-order valence-electron chi connectivity index (χ1n) is 11.2. The first-order valence-corrected chi connectivity index (χ1v) is 12.1. The molecule has 3 N–H and O–H groups in total. The summed E-state index contributed by atoms with van der Waals surface area (Å²) in [6.45, 7) is 3.08. The van der Waals surface area contributed by atoms with E-state index in [0.29, 0.717) is 12.0 Å². The molecule has 2 aliphatic rings. The Balaban J connectivity index is 1.37. The number of pyridine rings is 1. The predicted octanol–water partition coefficient (Wildman–Crippen LogP) is 3.93. The van der Waals surface area contributed by atoms with Gasteiger partial charge in [-0.2, -0.15) is 4.98 Å². The van der Waals surface area contributed by atoms with Crippen molar-refractivity contribution in [3.8, 4) is 0 Å². The summed E-state index contributed by atoms with van der Waals surface area (Å²) in [5.41, 5.74) is 1.90. The monoisotopic (exact) mass is 439 g/mol. The van der Waals surface area contributed by atoms with Gasteiger partial charge in [0.05, 0.1) is 11.8 Å². The Hall–Kier alpha value is -2.36. The van der Waals surface area contributed by atoms with Crippen LogP contribution in [0.15, 0.2) is 24.4 Å². The lowest BCUT2D eigenvalue weighted by Gasteiger charge is -2.27. The number of thiazole rings is 1. The number of fused-ring (bicyclic) bond motifs is 1. The van der Waals surface area contributed by atoms with E-state index in [2.05, 4.69) is 25.5 Å². The molecule has 1 saturated carbocycles. The van der Waals surface area contributed by atoms with Crippen LogP contribution in [0.4, 0.5) is 16.9 Å². The molecule has 4 heterocycles. The number of nitrogens with one attached hydrogen (secondary N) is 2. The molecule has 0 atom stereocenters. The van der Waals surface area contributed by atoms with Crippen molar-refractivity contribution in [1.82, 2.24) is 24.8 Å². The Bertz CT molecular complexity index is 979. The van der Waals surface area contributed by atoms with Crippen LogP contribution in [-0.2, 0) is 6.54 Å². The van der Waals surface area contributed by atoms with Crippen molar-refractivity contribution < 1.29 is 5.11 Å². The second-order valence-electron chi connectivity index (χ2n) is 8.53. The summed E-state index contributed by atoms with van der Waals surface area (Å²) < 4.78 is 0. The summed E-state index contributed by atoms with van der Waals surface area (Å²) in [6, 6.07) is 6.20. The molecular weight excluding hydrogens is 410 g/mol. The summed E-state index contributed by atoms with van der Waals surface area (Å²) in [5, 5.41) is 17.5. The van der Waals surface area contributed by atoms with E-state index in [1.54, 1.807) is 6.20 Å². The normalized spacial score (nSPS) is 22.5. The maximum Gasteiger partial charge on any atom is 0.225 e. The summed E-state index contributed by atoms with van der Waals surface area (Å²) >= 11 is 1.52. The molecule has 1 aliphatic carbocycles.